The number of rotatable bonds is 4. The van der Waals surface area contributed by atoms with E-state index in [0.29, 0.717) is 6.61 Å². The van der Waals surface area contributed by atoms with E-state index >= 15 is 0 Å². The van der Waals surface area contributed by atoms with Crippen LogP contribution in [0.15, 0.2) is 0 Å². The fraction of sp³-hybridized carbons (Fsp3) is 0.909. The van der Waals surface area contributed by atoms with Gasteiger partial charge in [-0.15, -0.1) is 0 Å². The van der Waals surface area contributed by atoms with E-state index in [2.05, 4.69) is 10.2 Å². The van der Waals surface area contributed by atoms with Crippen LogP contribution in [0.25, 0.3) is 0 Å². The van der Waals surface area contributed by atoms with Crippen LogP contribution in [0.3, 0.4) is 0 Å². The number of hydrogen-bond donors (Lipinski definition) is 2. The Morgan fingerprint density at radius 3 is 2.53 bits per heavy atom. The van der Waals surface area contributed by atoms with E-state index < -0.39 is 0 Å². The Balaban J connectivity index is 2.39. The lowest BCUT2D eigenvalue weighted by atomic mass is 9.88. The van der Waals surface area contributed by atoms with Crippen LogP contribution in [0.5, 0.6) is 0 Å². The SMILES string of the molecule is CC(C)(CON)NC(=O)C1CCCCC1. The Kier molecular flexibility index (Phi) is 4.54. The van der Waals surface area contributed by atoms with E-state index in [-0.39, 0.29) is 17.4 Å². The minimum atomic E-state index is -0.372. The van der Waals surface area contributed by atoms with Crippen molar-refractivity contribution in [3.63, 3.8) is 0 Å². The van der Waals surface area contributed by atoms with Gasteiger partial charge in [0.25, 0.3) is 0 Å². The summed E-state index contributed by atoms with van der Waals surface area (Å²) in [6.07, 6.45) is 5.65. The third-order valence-electron chi connectivity index (χ3n) is 2.88. The average molecular weight is 214 g/mol. The molecule has 1 rings (SSSR count). The molecule has 0 atom stereocenters. The summed E-state index contributed by atoms with van der Waals surface area (Å²) in [6.45, 7) is 4.17. The van der Waals surface area contributed by atoms with Crippen molar-refractivity contribution < 1.29 is 9.63 Å². The molecule has 0 aromatic heterocycles. The fourth-order valence-corrected chi connectivity index (χ4v) is 2.04. The standard InChI is InChI=1S/C11H22N2O2/c1-11(2,8-15-12)13-10(14)9-6-4-3-5-7-9/h9H,3-8,12H2,1-2H3,(H,13,14). The van der Waals surface area contributed by atoms with Gasteiger partial charge in [0.05, 0.1) is 12.1 Å². The van der Waals surface area contributed by atoms with E-state index in [1.807, 2.05) is 13.8 Å². The van der Waals surface area contributed by atoms with E-state index in [9.17, 15) is 4.79 Å². The van der Waals surface area contributed by atoms with Crippen molar-refractivity contribution in [2.45, 2.75) is 51.5 Å². The van der Waals surface area contributed by atoms with Crippen molar-refractivity contribution in [3.8, 4) is 0 Å². The molecule has 4 heteroatoms. The summed E-state index contributed by atoms with van der Waals surface area (Å²) in [7, 11) is 0. The van der Waals surface area contributed by atoms with Crippen LogP contribution in [-0.4, -0.2) is 18.1 Å². The van der Waals surface area contributed by atoms with Gasteiger partial charge in [0.1, 0.15) is 0 Å². The Bertz CT molecular complexity index is 211. The van der Waals surface area contributed by atoms with Crippen LogP contribution in [0.2, 0.25) is 0 Å². The zero-order valence-corrected chi connectivity index (χ0v) is 9.71. The van der Waals surface area contributed by atoms with Gasteiger partial charge in [-0.3, -0.25) is 4.79 Å². The molecule has 0 aromatic rings. The smallest absolute Gasteiger partial charge is 0.223 e. The molecule has 4 nitrogen and oxygen atoms in total. The second kappa shape index (κ2) is 5.47. The molecule has 1 saturated carbocycles. The summed E-state index contributed by atoms with van der Waals surface area (Å²) in [5.74, 6) is 5.36. The van der Waals surface area contributed by atoms with Gasteiger partial charge in [0.15, 0.2) is 0 Å². The maximum absolute atomic E-state index is 11.9. The summed E-state index contributed by atoms with van der Waals surface area (Å²) >= 11 is 0. The number of nitrogens with two attached hydrogens (primary N) is 1. The Hall–Kier alpha value is -0.610. The van der Waals surface area contributed by atoms with Crippen LogP contribution in [0, 0.1) is 5.92 Å². The van der Waals surface area contributed by atoms with Crippen molar-refractivity contribution in [2.24, 2.45) is 11.8 Å². The minimum Gasteiger partial charge on any atom is -0.349 e. The lowest BCUT2D eigenvalue weighted by Crippen LogP contribution is -2.49. The normalized spacial score (nSPS) is 18.9. The molecule has 1 aliphatic carbocycles. The van der Waals surface area contributed by atoms with Crippen LogP contribution >= 0.6 is 0 Å². The summed E-state index contributed by atoms with van der Waals surface area (Å²) in [5, 5.41) is 2.98. The van der Waals surface area contributed by atoms with Gasteiger partial charge in [-0.1, -0.05) is 19.3 Å². The van der Waals surface area contributed by atoms with E-state index in [0.717, 1.165) is 12.8 Å². The topological polar surface area (TPSA) is 64.3 Å². The summed E-state index contributed by atoms with van der Waals surface area (Å²) in [4.78, 5) is 16.5. The predicted octanol–water partition coefficient (Wildman–Crippen LogP) is 1.35. The molecule has 0 aliphatic heterocycles. The van der Waals surface area contributed by atoms with Gasteiger partial charge in [-0.25, -0.2) is 5.90 Å². The third-order valence-corrected chi connectivity index (χ3v) is 2.88. The molecule has 0 radical (unpaired) electrons. The Labute approximate surface area is 91.5 Å². The molecule has 1 aliphatic rings. The number of amides is 1. The van der Waals surface area contributed by atoms with Crippen molar-refractivity contribution >= 4 is 5.91 Å². The highest BCUT2D eigenvalue weighted by molar-refractivity contribution is 5.79. The first-order valence-corrected chi connectivity index (χ1v) is 5.69. The first kappa shape index (κ1) is 12.5. The lowest BCUT2D eigenvalue weighted by molar-refractivity contribution is -0.128. The maximum atomic E-state index is 11.9. The molecule has 0 aromatic carbocycles. The molecule has 0 saturated heterocycles. The molecular formula is C11H22N2O2. The fourth-order valence-electron chi connectivity index (χ4n) is 2.04. The van der Waals surface area contributed by atoms with Crippen LogP contribution in [0.1, 0.15) is 46.0 Å². The highest BCUT2D eigenvalue weighted by Crippen LogP contribution is 2.24. The van der Waals surface area contributed by atoms with Crippen LogP contribution in [-0.2, 0) is 9.63 Å². The third kappa shape index (κ3) is 4.18. The van der Waals surface area contributed by atoms with Crippen LogP contribution in [0.4, 0.5) is 0 Å². The van der Waals surface area contributed by atoms with Gasteiger partial charge in [-0.2, -0.15) is 0 Å². The van der Waals surface area contributed by atoms with Gasteiger partial charge in [0, 0.05) is 5.92 Å². The first-order valence-electron chi connectivity index (χ1n) is 5.69. The Morgan fingerprint density at radius 1 is 1.40 bits per heavy atom. The van der Waals surface area contributed by atoms with Crippen molar-refractivity contribution in [1.29, 1.82) is 0 Å². The average Bonchev–Trinajstić information content (AvgIpc) is 2.18. The number of carbonyl (C=O) groups is 1. The molecule has 1 fully saturated rings. The first-order chi connectivity index (χ1) is 7.05. The largest absolute Gasteiger partial charge is 0.349 e. The molecule has 15 heavy (non-hydrogen) atoms. The van der Waals surface area contributed by atoms with Crippen molar-refractivity contribution in [3.05, 3.63) is 0 Å². The zero-order valence-electron chi connectivity index (χ0n) is 9.71. The molecule has 0 heterocycles. The molecule has 0 spiro atoms. The van der Waals surface area contributed by atoms with Crippen molar-refractivity contribution in [2.75, 3.05) is 6.61 Å². The molecule has 1 amide bonds. The van der Waals surface area contributed by atoms with Gasteiger partial charge in [-0.05, 0) is 26.7 Å². The quantitative estimate of drug-likeness (QED) is 0.694. The number of hydrogen-bond acceptors (Lipinski definition) is 3. The monoisotopic (exact) mass is 214 g/mol. The van der Waals surface area contributed by atoms with Gasteiger partial charge in [0.2, 0.25) is 5.91 Å². The molecular weight excluding hydrogens is 192 g/mol. The molecule has 0 bridgehead atoms. The summed E-state index contributed by atoms with van der Waals surface area (Å²) in [6, 6.07) is 0. The van der Waals surface area contributed by atoms with E-state index in [1.165, 1.54) is 19.3 Å². The predicted molar refractivity (Wildman–Crippen MR) is 58.9 cm³/mol. The van der Waals surface area contributed by atoms with E-state index in [4.69, 9.17) is 5.90 Å². The van der Waals surface area contributed by atoms with Gasteiger partial charge < -0.3 is 10.2 Å². The second-order valence-corrected chi connectivity index (χ2v) is 5.02. The minimum absolute atomic E-state index is 0.150. The molecule has 3 N–H and O–H groups in total. The summed E-state index contributed by atoms with van der Waals surface area (Å²) < 4.78 is 0. The van der Waals surface area contributed by atoms with Gasteiger partial charge >= 0.3 is 0 Å². The zero-order chi connectivity index (χ0) is 11.3. The Morgan fingerprint density at radius 2 is 2.00 bits per heavy atom. The highest BCUT2D eigenvalue weighted by atomic mass is 16.6. The maximum Gasteiger partial charge on any atom is 0.223 e. The summed E-state index contributed by atoms with van der Waals surface area (Å²) in [5.41, 5.74) is -0.372. The molecule has 88 valence electrons. The van der Waals surface area contributed by atoms with E-state index in [1.54, 1.807) is 0 Å². The molecule has 0 unspecified atom stereocenters. The highest BCUT2D eigenvalue weighted by Gasteiger charge is 2.26. The lowest BCUT2D eigenvalue weighted by Gasteiger charge is -2.29. The second-order valence-electron chi connectivity index (χ2n) is 5.02. The van der Waals surface area contributed by atoms with Crippen LogP contribution < -0.4 is 11.2 Å². The number of carbonyl (C=O) groups excluding carboxylic acids is 1. The number of nitrogens with one attached hydrogen (secondary N) is 1. The van der Waals surface area contributed by atoms with Crippen molar-refractivity contribution in [1.82, 2.24) is 5.32 Å².